The van der Waals surface area contributed by atoms with Crippen LogP contribution in [0, 0.1) is 0 Å². The van der Waals surface area contributed by atoms with Gasteiger partial charge in [-0.3, -0.25) is 0 Å². The minimum absolute atomic E-state index is 0.559. The van der Waals surface area contributed by atoms with Crippen molar-refractivity contribution in [1.82, 2.24) is 19.9 Å². The van der Waals surface area contributed by atoms with E-state index in [1.165, 1.54) is 5.39 Å². The van der Waals surface area contributed by atoms with Gasteiger partial charge in [-0.25, -0.2) is 19.9 Å². The van der Waals surface area contributed by atoms with Gasteiger partial charge < -0.3 is 13.3 Å². The van der Waals surface area contributed by atoms with Crippen LogP contribution in [-0.2, 0) is 0 Å². The number of para-hydroxylation sites is 1. The Balaban J connectivity index is 1.08. The Bertz CT molecular complexity index is 3510. The molecule has 0 saturated heterocycles. The van der Waals surface area contributed by atoms with E-state index < -0.39 is 0 Å². The second-order valence-electron chi connectivity index (χ2n) is 13.8. The number of fused-ring (bicyclic) bond motifs is 11. The van der Waals surface area contributed by atoms with E-state index in [1.807, 2.05) is 91.0 Å². The van der Waals surface area contributed by atoms with Crippen molar-refractivity contribution >= 4 is 76.5 Å². The predicted molar refractivity (Wildman–Crippen MR) is 219 cm³/mol. The summed E-state index contributed by atoms with van der Waals surface area (Å²) in [6.45, 7) is 0. The summed E-state index contributed by atoms with van der Waals surface area (Å²) in [7, 11) is 0. The van der Waals surface area contributed by atoms with Crippen LogP contribution in [0.4, 0.5) is 0 Å². The topological polar surface area (TPSA) is 91.0 Å². The Morgan fingerprint density at radius 1 is 0.345 bits per heavy atom. The number of oxazole rings is 1. The van der Waals surface area contributed by atoms with Gasteiger partial charge in [0.15, 0.2) is 23.1 Å². The zero-order valence-electron chi connectivity index (χ0n) is 29.0. The summed E-state index contributed by atoms with van der Waals surface area (Å²) in [6.07, 6.45) is 0. The van der Waals surface area contributed by atoms with Crippen LogP contribution in [0.15, 0.2) is 171 Å². The first-order valence-electron chi connectivity index (χ1n) is 18.1. The monoisotopic (exact) mass is 706 g/mol. The van der Waals surface area contributed by atoms with Gasteiger partial charge in [-0.15, -0.1) is 0 Å². The highest BCUT2D eigenvalue weighted by atomic mass is 16.4. The van der Waals surface area contributed by atoms with Crippen LogP contribution in [0.3, 0.4) is 0 Å². The van der Waals surface area contributed by atoms with E-state index in [0.29, 0.717) is 28.9 Å². The summed E-state index contributed by atoms with van der Waals surface area (Å²) < 4.78 is 19.3. The second-order valence-corrected chi connectivity index (χ2v) is 13.8. The molecule has 0 unspecified atom stereocenters. The van der Waals surface area contributed by atoms with Crippen molar-refractivity contribution in [3.63, 3.8) is 0 Å². The fraction of sp³-hybridized carbons (Fsp3) is 0. The molecule has 4 aromatic heterocycles. The van der Waals surface area contributed by atoms with Crippen LogP contribution in [0.2, 0.25) is 0 Å². The summed E-state index contributed by atoms with van der Waals surface area (Å²) >= 11 is 0. The zero-order chi connectivity index (χ0) is 36.0. The number of nitrogens with zero attached hydrogens (tertiary/aromatic N) is 4. The average Bonchev–Trinajstić information content (AvgIpc) is 3.97. The smallest absolute Gasteiger partial charge is 0.227 e. The molecule has 0 spiro atoms. The van der Waals surface area contributed by atoms with Crippen molar-refractivity contribution in [2.24, 2.45) is 0 Å². The molecule has 0 aliphatic rings. The van der Waals surface area contributed by atoms with Crippen molar-refractivity contribution in [2.45, 2.75) is 0 Å². The first-order valence-corrected chi connectivity index (χ1v) is 18.1. The van der Waals surface area contributed by atoms with Crippen molar-refractivity contribution < 1.29 is 13.3 Å². The van der Waals surface area contributed by atoms with Gasteiger partial charge in [-0.05, 0) is 70.1 Å². The highest BCUT2D eigenvalue weighted by molar-refractivity contribution is 6.25. The largest absolute Gasteiger partial charge is 0.456 e. The maximum absolute atomic E-state index is 6.62. The van der Waals surface area contributed by atoms with Gasteiger partial charge in [0.1, 0.15) is 27.8 Å². The van der Waals surface area contributed by atoms with E-state index in [4.69, 9.17) is 33.2 Å². The molecule has 0 radical (unpaired) electrons. The molecule has 0 aliphatic heterocycles. The summed E-state index contributed by atoms with van der Waals surface area (Å²) in [5.74, 6) is 2.28. The van der Waals surface area contributed by atoms with Crippen LogP contribution in [0.1, 0.15) is 0 Å². The zero-order valence-corrected chi connectivity index (χ0v) is 29.0. The molecule has 0 N–H and O–H groups in total. The molecule has 0 amide bonds. The van der Waals surface area contributed by atoms with E-state index in [1.54, 1.807) is 0 Å². The fourth-order valence-electron chi connectivity index (χ4n) is 7.94. The predicted octanol–water partition coefficient (Wildman–Crippen LogP) is 12.8. The number of furan rings is 2. The number of hydrogen-bond acceptors (Lipinski definition) is 7. The molecule has 7 nitrogen and oxygen atoms in total. The Labute approximate surface area is 312 Å². The fourth-order valence-corrected chi connectivity index (χ4v) is 7.94. The third-order valence-electron chi connectivity index (χ3n) is 10.5. The third-order valence-corrected chi connectivity index (χ3v) is 10.5. The van der Waals surface area contributed by atoms with Gasteiger partial charge in [-0.1, -0.05) is 109 Å². The lowest BCUT2D eigenvalue weighted by Gasteiger charge is -2.10. The summed E-state index contributed by atoms with van der Waals surface area (Å²) in [5.41, 5.74) is 8.09. The lowest BCUT2D eigenvalue weighted by molar-refractivity contribution is 0.622. The normalized spacial score (nSPS) is 12.0. The summed E-state index contributed by atoms with van der Waals surface area (Å²) in [5, 5.41) is 8.17. The minimum atomic E-state index is 0.559. The van der Waals surface area contributed by atoms with Crippen LogP contribution >= 0.6 is 0 Å². The molecular formula is C48H26N4O3. The molecule has 7 heteroatoms. The number of benzene rings is 8. The minimum Gasteiger partial charge on any atom is -0.456 e. The van der Waals surface area contributed by atoms with Gasteiger partial charge >= 0.3 is 0 Å². The van der Waals surface area contributed by atoms with Crippen molar-refractivity contribution in [2.75, 3.05) is 0 Å². The Kier molecular flexibility index (Phi) is 6.21. The maximum Gasteiger partial charge on any atom is 0.227 e. The molecule has 256 valence electrons. The lowest BCUT2D eigenvalue weighted by atomic mass is 10.0. The molecule has 0 saturated carbocycles. The Morgan fingerprint density at radius 3 is 1.95 bits per heavy atom. The quantitative estimate of drug-likeness (QED) is 0.180. The molecule has 0 bridgehead atoms. The van der Waals surface area contributed by atoms with Gasteiger partial charge in [0, 0.05) is 38.4 Å². The highest BCUT2D eigenvalue weighted by Crippen LogP contribution is 2.42. The summed E-state index contributed by atoms with van der Waals surface area (Å²) in [4.78, 5) is 20.2. The number of rotatable bonds is 4. The van der Waals surface area contributed by atoms with Crippen LogP contribution in [0.5, 0.6) is 0 Å². The van der Waals surface area contributed by atoms with E-state index in [2.05, 4.69) is 66.7 Å². The lowest BCUT2D eigenvalue weighted by Crippen LogP contribution is -2.00. The van der Waals surface area contributed by atoms with Gasteiger partial charge in [0.2, 0.25) is 5.89 Å². The molecule has 0 fully saturated rings. The molecule has 55 heavy (non-hydrogen) atoms. The SMILES string of the molecule is c1ccc(-c2nc(-c3ccc4ccc5oc6ccc7nc(-c8ccc9ccccc9c8)oc7c6c5c4c3)nc(-c3cccc4oc5ccccc5c34)n2)cc1. The Morgan fingerprint density at radius 2 is 1.02 bits per heavy atom. The highest BCUT2D eigenvalue weighted by Gasteiger charge is 2.21. The number of hydrogen-bond donors (Lipinski definition) is 0. The van der Waals surface area contributed by atoms with Crippen LogP contribution in [0.25, 0.3) is 122 Å². The van der Waals surface area contributed by atoms with Crippen molar-refractivity contribution in [3.8, 4) is 45.6 Å². The molecule has 0 atom stereocenters. The third kappa shape index (κ3) is 4.63. The molecular weight excluding hydrogens is 681 g/mol. The molecule has 12 aromatic rings. The Hall–Kier alpha value is -7.64. The molecule has 4 heterocycles. The van der Waals surface area contributed by atoms with Crippen LogP contribution in [-0.4, -0.2) is 19.9 Å². The molecule has 0 aliphatic carbocycles. The maximum atomic E-state index is 6.62. The molecule has 8 aromatic carbocycles. The van der Waals surface area contributed by atoms with Gasteiger partial charge in [-0.2, -0.15) is 0 Å². The van der Waals surface area contributed by atoms with Crippen molar-refractivity contribution in [3.05, 3.63) is 158 Å². The number of aromatic nitrogens is 4. The standard InChI is InChI=1S/C48H26N4O3/c1-2-10-29(11-3-1)45-50-46(52-47(51-45)34-14-8-16-38-41(34)33-13-6-7-15-37(33)53-38)31-19-18-28-21-23-39-42(35(28)26-31)43-40(54-39)24-22-36-44(43)55-48(49-36)32-20-17-27-9-4-5-12-30(27)25-32/h1-26H. The first kappa shape index (κ1) is 29.9. The first-order chi connectivity index (χ1) is 27.2. The van der Waals surface area contributed by atoms with Gasteiger partial charge in [0.05, 0.1) is 5.39 Å². The van der Waals surface area contributed by atoms with E-state index in [0.717, 1.165) is 87.8 Å². The second kappa shape index (κ2) is 11.4. The van der Waals surface area contributed by atoms with E-state index >= 15 is 0 Å². The van der Waals surface area contributed by atoms with Crippen LogP contribution < -0.4 is 0 Å². The molecule has 12 rings (SSSR count). The average molecular weight is 707 g/mol. The van der Waals surface area contributed by atoms with Gasteiger partial charge in [0.25, 0.3) is 0 Å². The summed E-state index contributed by atoms with van der Waals surface area (Å²) in [6, 6.07) is 53.1. The van der Waals surface area contributed by atoms with Crippen molar-refractivity contribution in [1.29, 1.82) is 0 Å². The van der Waals surface area contributed by atoms with E-state index in [-0.39, 0.29) is 0 Å². The van der Waals surface area contributed by atoms with E-state index in [9.17, 15) is 0 Å².